The number of nitriles is 1. The Balaban J connectivity index is 2.10. The van der Waals surface area contributed by atoms with Crippen LogP contribution in [0.5, 0.6) is 0 Å². The van der Waals surface area contributed by atoms with E-state index in [1.807, 2.05) is 12.1 Å². The molecule has 0 radical (unpaired) electrons. The van der Waals surface area contributed by atoms with Gasteiger partial charge in [0, 0.05) is 17.4 Å². The van der Waals surface area contributed by atoms with Crippen molar-refractivity contribution in [2.45, 2.75) is 6.92 Å². The van der Waals surface area contributed by atoms with Crippen molar-refractivity contribution < 1.29 is 8.42 Å². The zero-order valence-corrected chi connectivity index (χ0v) is 13.1. The highest BCUT2D eigenvalue weighted by Crippen LogP contribution is 2.24. The lowest BCUT2D eigenvalue weighted by Gasteiger charge is -2.09. The van der Waals surface area contributed by atoms with Crippen LogP contribution in [0.4, 0.5) is 5.69 Å². The minimum atomic E-state index is -3.34. The first-order valence-electron chi connectivity index (χ1n) is 6.87. The SMILES string of the molecule is CCS(=O)(=O)Nc1cccc(-c2ccnc3c(C#N)ncn23)c1. The predicted octanol–water partition coefficient (Wildman–Crippen LogP) is 2.03. The van der Waals surface area contributed by atoms with Gasteiger partial charge in [-0.15, -0.1) is 0 Å². The van der Waals surface area contributed by atoms with Gasteiger partial charge in [-0.25, -0.2) is 18.4 Å². The molecule has 23 heavy (non-hydrogen) atoms. The molecule has 1 N–H and O–H groups in total. The fourth-order valence-electron chi connectivity index (χ4n) is 2.21. The Morgan fingerprint density at radius 1 is 1.30 bits per heavy atom. The maximum absolute atomic E-state index is 11.7. The van der Waals surface area contributed by atoms with E-state index in [0.717, 1.165) is 11.3 Å². The van der Waals surface area contributed by atoms with Crippen LogP contribution in [0.1, 0.15) is 12.6 Å². The van der Waals surface area contributed by atoms with Gasteiger partial charge in [0.15, 0.2) is 11.3 Å². The Labute approximate surface area is 133 Å². The van der Waals surface area contributed by atoms with Crippen LogP contribution >= 0.6 is 0 Å². The highest BCUT2D eigenvalue weighted by Gasteiger charge is 2.11. The minimum Gasteiger partial charge on any atom is -0.284 e. The highest BCUT2D eigenvalue weighted by molar-refractivity contribution is 7.92. The number of nitrogens with zero attached hydrogens (tertiary/aromatic N) is 4. The third-order valence-corrected chi connectivity index (χ3v) is 4.66. The molecule has 2 heterocycles. The van der Waals surface area contributed by atoms with Gasteiger partial charge >= 0.3 is 0 Å². The van der Waals surface area contributed by atoms with Crippen molar-refractivity contribution in [2.24, 2.45) is 0 Å². The Hall–Kier alpha value is -2.92. The van der Waals surface area contributed by atoms with Crippen LogP contribution in [0.25, 0.3) is 16.9 Å². The maximum Gasteiger partial charge on any atom is 0.232 e. The van der Waals surface area contributed by atoms with Gasteiger partial charge < -0.3 is 0 Å². The van der Waals surface area contributed by atoms with Crippen molar-refractivity contribution in [2.75, 3.05) is 10.5 Å². The van der Waals surface area contributed by atoms with E-state index in [-0.39, 0.29) is 11.4 Å². The lowest BCUT2D eigenvalue weighted by atomic mass is 10.1. The fourth-order valence-corrected chi connectivity index (χ4v) is 2.84. The van der Waals surface area contributed by atoms with Crippen LogP contribution < -0.4 is 4.72 Å². The normalized spacial score (nSPS) is 11.3. The van der Waals surface area contributed by atoms with E-state index in [9.17, 15) is 8.42 Å². The molecule has 0 aliphatic carbocycles. The van der Waals surface area contributed by atoms with Gasteiger partial charge in [0.05, 0.1) is 11.4 Å². The third-order valence-electron chi connectivity index (χ3n) is 3.35. The van der Waals surface area contributed by atoms with Gasteiger partial charge in [0.2, 0.25) is 10.0 Å². The summed E-state index contributed by atoms with van der Waals surface area (Å²) in [5.41, 5.74) is 2.74. The molecule has 0 saturated heterocycles. The molecule has 0 atom stereocenters. The summed E-state index contributed by atoms with van der Waals surface area (Å²) in [6.07, 6.45) is 3.12. The number of rotatable bonds is 4. The minimum absolute atomic E-state index is 0.00375. The summed E-state index contributed by atoms with van der Waals surface area (Å²) in [6, 6.07) is 10.8. The molecule has 7 nitrogen and oxygen atoms in total. The van der Waals surface area contributed by atoms with Gasteiger partial charge in [-0.3, -0.25) is 9.12 Å². The summed E-state index contributed by atoms with van der Waals surface area (Å²) < 4.78 is 27.6. The molecule has 0 fully saturated rings. The van der Waals surface area contributed by atoms with E-state index in [2.05, 4.69) is 14.7 Å². The van der Waals surface area contributed by atoms with E-state index < -0.39 is 10.0 Å². The summed E-state index contributed by atoms with van der Waals surface area (Å²) >= 11 is 0. The summed E-state index contributed by atoms with van der Waals surface area (Å²) in [6.45, 7) is 1.58. The number of benzene rings is 1. The molecule has 0 bridgehead atoms. The number of hydrogen-bond donors (Lipinski definition) is 1. The lowest BCUT2D eigenvalue weighted by Crippen LogP contribution is -2.14. The average Bonchev–Trinajstić information content (AvgIpc) is 2.98. The predicted molar refractivity (Wildman–Crippen MR) is 86.2 cm³/mol. The number of anilines is 1. The van der Waals surface area contributed by atoms with Crippen LogP contribution in [-0.2, 0) is 10.0 Å². The Morgan fingerprint density at radius 3 is 2.87 bits per heavy atom. The number of nitrogens with one attached hydrogen (secondary N) is 1. The summed E-state index contributed by atoms with van der Waals surface area (Å²) in [5, 5.41) is 9.04. The second kappa shape index (κ2) is 5.70. The first-order chi connectivity index (χ1) is 11.0. The van der Waals surface area contributed by atoms with Gasteiger partial charge in [0.25, 0.3) is 0 Å². The van der Waals surface area contributed by atoms with E-state index >= 15 is 0 Å². The van der Waals surface area contributed by atoms with E-state index in [1.165, 1.54) is 6.33 Å². The number of imidazole rings is 1. The van der Waals surface area contributed by atoms with Crippen LogP contribution in [-0.4, -0.2) is 28.5 Å². The molecule has 0 spiro atoms. The topological polar surface area (TPSA) is 100 Å². The van der Waals surface area contributed by atoms with E-state index in [1.54, 1.807) is 41.8 Å². The van der Waals surface area contributed by atoms with Crippen LogP contribution in [0.15, 0.2) is 42.9 Å². The molecule has 0 aliphatic rings. The van der Waals surface area contributed by atoms with Crippen molar-refractivity contribution in [3.63, 3.8) is 0 Å². The van der Waals surface area contributed by atoms with Crippen molar-refractivity contribution >= 4 is 21.4 Å². The quantitative estimate of drug-likeness (QED) is 0.790. The van der Waals surface area contributed by atoms with Gasteiger partial charge in [-0.05, 0) is 25.1 Å². The summed E-state index contributed by atoms with van der Waals surface area (Å²) in [4.78, 5) is 8.18. The Morgan fingerprint density at radius 2 is 2.13 bits per heavy atom. The second-order valence-corrected chi connectivity index (χ2v) is 6.83. The molecule has 0 amide bonds. The lowest BCUT2D eigenvalue weighted by molar-refractivity contribution is 0.602. The van der Waals surface area contributed by atoms with E-state index in [4.69, 9.17) is 5.26 Å². The molecular formula is C15H13N5O2S. The first kappa shape index (κ1) is 15.0. The number of sulfonamides is 1. The van der Waals surface area contributed by atoms with Crippen LogP contribution in [0, 0.1) is 11.3 Å². The molecule has 2 aromatic heterocycles. The van der Waals surface area contributed by atoms with Crippen molar-refractivity contribution in [1.29, 1.82) is 5.26 Å². The number of hydrogen-bond acceptors (Lipinski definition) is 5. The highest BCUT2D eigenvalue weighted by atomic mass is 32.2. The molecule has 8 heteroatoms. The molecule has 3 rings (SSSR count). The Bertz CT molecular complexity index is 1020. The average molecular weight is 327 g/mol. The molecule has 0 saturated carbocycles. The third kappa shape index (κ3) is 2.86. The molecule has 0 unspecified atom stereocenters. The zero-order valence-electron chi connectivity index (χ0n) is 12.3. The van der Waals surface area contributed by atoms with Crippen molar-refractivity contribution in [3.8, 4) is 17.3 Å². The molecule has 116 valence electrons. The smallest absolute Gasteiger partial charge is 0.232 e. The Kier molecular flexibility index (Phi) is 3.72. The first-order valence-corrected chi connectivity index (χ1v) is 8.52. The largest absolute Gasteiger partial charge is 0.284 e. The zero-order chi connectivity index (χ0) is 16.4. The van der Waals surface area contributed by atoms with E-state index in [0.29, 0.717) is 11.3 Å². The molecule has 3 aromatic rings. The molecule has 0 aliphatic heterocycles. The number of fused-ring (bicyclic) bond motifs is 1. The summed E-state index contributed by atoms with van der Waals surface area (Å²) in [7, 11) is -3.34. The van der Waals surface area contributed by atoms with Gasteiger partial charge in [0.1, 0.15) is 12.4 Å². The summed E-state index contributed by atoms with van der Waals surface area (Å²) in [5.74, 6) is 0.00375. The number of aromatic nitrogens is 3. The fraction of sp³-hybridized carbons (Fsp3) is 0.133. The van der Waals surface area contributed by atoms with Gasteiger partial charge in [-0.1, -0.05) is 12.1 Å². The standard InChI is InChI=1S/C15H13N5O2S/c1-2-23(21,22)19-12-5-3-4-11(8-12)14-6-7-17-15-13(9-16)18-10-20(14)15/h3-8,10,19H,2H2,1H3. The van der Waals surface area contributed by atoms with Crippen molar-refractivity contribution in [3.05, 3.63) is 48.5 Å². The second-order valence-electron chi connectivity index (χ2n) is 4.81. The van der Waals surface area contributed by atoms with Gasteiger partial charge in [-0.2, -0.15) is 5.26 Å². The monoisotopic (exact) mass is 327 g/mol. The van der Waals surface area contributed by atoms with Crippen LogP contribution in [0.3, 0.4) is 0 Å². The maximum atomic E-state index is 11.7. The van der Waals surface area contributed by atoms with Crippen molar-refractivity contribution in [1.82, 2.24) is 14.4 Å². The molecule has 1 aromatic carbocycles. The van der Waals surface area contributed by atoms with Crippen LogP contribution in [0.2, 0.25) is 0 Å². The molecular weight excluding hydrogens is 314 g/mol.